The average Bonchev–Trinajstić information content (AvgIpc) is 2.95. The molecule has 0 aromatic carbocycles. The van der Waals surface area contributed by atoms with Gasteiger partial charge in [0.2, 0.25) is 0 Å². The van der Waals surface area contributed by atoms with Crippen LogP contribution in [0.3, 0.4) is 0 Å². The normalized spacial score (nSPS) is 26.1. The van der Waals surface area contributed by atoms with E-state index in [2.05, 4.69) is 15.6 Å². The predicted molar refractivity (Wildman–Crippen MR) is 81.7 cm³/mol. The topological polar surface area (TPSA) is 72.3 Å². The van der Waals surface area contributed by atoms with E-state index in [1.54, 1.807) is 6.20 Å². The van der Waals surface area contributed by atoms with Gasteiger partial charge in [0.25, 0.3) is 5.91 Å². The highest BCUT2D eigenvalue weighted by Gasteiger charge is 2.35. The first-order valence-corrected chi connectivity index (χ1v) is 8.04. The zero-order valence-electron chi connectivity index (χ0n) is 13.6. The Bertz CT molecular complexity index is 536. The molecule has 7 heteroatoms. The van der Waals surface area contributed by atoms with Crippen LogP contribution in [0.1, 0.15) is 50.1 Å². The number of nitrogens with zero attached hydrogens (tertiary/aromatic N) is 4. The number of carbonyl (C=O) groups excluding carboxylic acids is 1. The van der Waals surface area contributed by atoms with Crippen LogP contribution in [0, 0.1) is 0 Å². The van der Waals surface area contributed by atoms with Gasteiger partial charge in [0, 0.05) is 13.1 Å². The molecule has 0 aliphatic carbocycles. The van der Waals surface area contributed by atoms with Crippen LogP contribution in [0.4, 0.5) is 0 Å². The average molecular weight is 307 g/mol. The Morgan fingerprint density at radius 1 is 1.41 bits per heavy atom. The number of aromatic nitrogens is 3. The molecule has 7 nitrogen and oxygen atoms in total. The summed E-state index contributed by atoms with van der Waals surface area (Å²) in [6.45, 7) is 9.17. The van der Waals surface area contributed by atoms with E-state index in [-0.39, 0.29) is 17.6 Å². The molecule has 2 saturated heterocycles. The first-order chi connectivity index (χ1) is 10.4. The van der Waals surface area contributed by atoms with Gasteiger partial charge < -0.3 is 15.0 Å². The third-order valence-corrected chi connectivity index (χ3v) is 4.27. The molecule has 1 atom stereocenters. The lowest BCUT2D eigenvalue weighted by atomic mass is 10.1. The van der Waals surface area contributed by atoms with E-state index in [1.165, 1.54) is 0 Å². The predicted octanol–water partition coefficient (Wildman–Crippen LogP) is 0.842. The maximum Gasteiger partial charge on any atom is 0.276 e. The Morgan fingerprint density at radius 3 is 2.82 bits per heavy atom. The summed E-state index contributed by atoms with van der Waals surface area (Å²) in [4.78, 5) is 14.5. The molecule has 1 aromatic heterocycles. The van der Waals surface area contributed by atoms with E-state index in [4.69, 9.17) is 4.74 Å². The second kappa shape index (κ2) is 5.96. The van der Waals surface area contributed by atoms with Crippen molar-refractivity contribution in [1.82, 2.24) is 25.2 Å². The minimum Gasteiger partial charge on any atom is -0.369 e. The highest BCUT2D eigenvalue weighted by atomic mass is 16.5. The van der Waals surface area contributed by atoms with E-state index < -0.39 is 0 Å². The largest absolute Gasteiger partial charge is 0.369 e. The molecule has 122 valence electrons. The third-order valence-electron chi connectivity index (χ3n) is 4.27. The molecular formula is C15H25N5O2. The van der Waals surface area contributed by atoms with Crippen LogP contribution in [-0.4, -0.2) is 63.7 Å². The fraction of sp³-hybridized carbons (Fsp3) is 0.800. The summed E-state index contributed by atoms with van der Waals surface area (Å²) < 4.78 is 7.70. The number of nitrogens with one attached hydrogen (secondary N) is 1. The molecule has 2 aliphatic rings. The van der Waals surface area contributed by atoms with Gasteiger partial charge in [-0.05, 0) is 46.7 Å². The zero-order valence-corrected chi connectivity index (χ0v) is 13.6. The summed E-state index contributed by atoms with van der Waals surface area (Å²) in [6, 6.07) is 0.343. The molecule has 0 saturated carbocycles. The summed E-state index contributed by atoms with van der Waals surface area (Å²) in [6.07, 6.45) is 3.88. The minimum absolute atomic E-state index is 0.0344. The fourth-order valence-electron chi connectivity index (χ4n) is 3.39. The van der Waals surface area contributed by atoms with Crippen molar-refractivity contribution in [2.24, 2.45) is 0 Å². The molecule has 0 bridgehead atoms. The van der Waals surface area contributed by atoms with Crippen LogP contribution in [0.15, 0.2) is 6.20 Å². The maximum atomic E-state index is 12.7. The van der Waals surface area contributed by atoms with Gasteiger partial charge in [-0.2, -0.15) is 0 Å². The summed E-state index contributed by atoms with van der Waals surface area (Å²) in [5, 5.41) is 11.6. The zero-order chi connectivity index (χ0) is 15.7. The second-order valence-electron chi connectivity index (χ2n) is 6.94. The number of amides is 1. The number of morpholine rings is 1. The molecule has 3 rings (SSSR count). The van der Waals surface area contributed by atoms with Crippen molar-refractivity contribution >= 4 is 5.91 Å². The second-order valence-corrected chi connectivity index (χ2v) is 6.94. The highest BCUT2D eigenvalue weighted by molar-refractivity contribution is 5.92. The van der Waals surface area contributed by atoms with E-state index in [0.29, 0.717) is 24.8 Å². The standard InChI is InChI=1S/C15H25N5O2/c1-11-8-19(10-15(2,3)22-11)14(21)13-9-20(18-17-13)12-4-6-16-7-5-12/h9,11-12,16H,4-8,10H2,1-3H3. The smallest absolute Gasteiger partial charge is 0.276 e. The van der Waals surface area contributed by atoms with Gasteiger partial charge in [-0.15, -0.1) is 5.10 Å². The molecule has 1 unspecified atom stereocenters. The van der Waals surface area contributed by atoms with Crippen LogP contribution in [0.5, 0.6) is 0 Å². The molecular weight excluding hydrogens is 282 g/mol. The first-order valence-electron chi connectivity index (χ1n) is 8.04. The summed E-state index contributed by atoms with van der Waals surface area (Å²) in [5.41, 5.74) is 0.113. The summed E-state index contributed by atoms with van der Waals surface area (Å²) >= 11 is 0. The van der Waals surface area contributed by atoms with Crippen LogP contribution in [0.25, 0.3) is 0 Å². The number of hydrogen-bond donors (Lipinski definition) is 1. The molecule has 0 spiro atoms. The Kier molecular flexibility index (Phi) is 4.18. The van der Waals surface area contributed by atoms with E-state index >= 15 is 0 Å². The highest BCUT2D eigenvalue weighted by Crippen LogP contribution is 2.22. The number of ether oxygens (including phenoxy) is 1. The lowest BCUT2D eigenvalue weighted by Crippen LogP contribution is -2.53. The van der Waals surface area contributed by atoms with Crippen molar-refractivity contribution in [3.05, 3.63) is 11.9 Å². The molecule has 1 amide bonds. The molecule has 22 heavy (non-hydrogen) atoms. The number of carbonyl (C=O) groups is 1. The van der Waals surface area contributed by atoms with E-state index in [1.807, 2.05) is 30.4 Å². The van der Waals surface area contributed by atoms with Crippen molar-refractivity contribution < 1.29 is 9.53 Å². The summed E-state index contributed by atoms with van der Waals surface area (Å²) in [5.74, 6) is -0.0524. The van der Waals surface area contributed by atoms with Gasteiger partial charge in [0.05, 0.1) is 23.9 Å². The van der Waals surface area contributed by atoms with Crippen molar-refractivity contribution in [3.8, 4) is 0 Å². The molecule has 3 heterocycles. The van der Waals surface area contributed by atoms with Crippen molar-refractivity contribution in [1.29, 1.82) is 0 Å². The van der Waals surface area contributed by atoms with Crippen molar-refractivity contribution in [2.45, 2.75) is 51.4 Å². The lowest BCUT2D eigenvalue weighted by molar-refractivity contribution is -0.118. The number of piperidine rings is 1. The van der Waals surface area contributed by atoms with Crippen LogP contribution < -0.4 is 5.32 Å². The fourth-order valence-corrected chi connectivity index (χ4v) is 3.39. The Hall–Kier alpha value is -1.47. The maximum absolute atomic E-state index is 12.7. The van der Waals surface area contributed by atoms with Gasteiger partial charge in [0.15, 0.2) is 5.69 Å². The van der Waals surface area contributed by atoms with Crippen LogP contribution in [0.2, 0.25) is 0 Å². The van der Waals surface area contributed by atoms with Gasteiger partial charge >= 0.3 is 0 Å². The Morgan fingerprint density at radius 2 is 2.14 bits per heavy atom. The Balaban J connectivity index is 1.71. The summed E-state index contributed by atoms with van der Waals surface area (Å²) in [7, 11) is 0. The van der Waals surface area contributed by atoms with E-state index in [9.17, 15) is 4.79 Å². The quantitative estimate of drug-likeness (QED) is 0.876. The van der Waals surface area contributed by atoms with Crippen molar-refractivity contribution in [2.75, 3.05) is 26.2 Å². The molecule has 1 aromatic rings. The molecule has 2 fully saturated rings. The first kappa shape index (κ1) is 15.4. The van der Waals surface area contributed by atoms with Crippen LogP contribution in [-0.2, 0) is 4.74 Å². The van der Waals surface area contributed by atoms with E-state index in [0.717, 1.165) is 25.9 Å². The number of rotatable bonds is 2. The van der Waals surface area contributed by atoms with Crippen LogP contribution >= 0.6 is 0 Å². The molecule has 2 aliphatic heterocycles. The van der Waals surface area contributed by atoms with Gasteiger partial charge in [-0.25, -0.2) is 4.68 Å². The van der Waals surface area contributed by atoms with Gasteiger partial charge in [-0.1, -0.05) is 5.21 Å². The van der Waals surface area contributed by atoms with Gasteiger partial charge in [0.1, 0.15) is 0 Å². The van der Waals surface area contributed by atoms with Crippen molar-refractivity contribution in [3.63, 3.8) is 0 Å². The molecule has 1 N–H and O–H groups in total. The monoisotopic (exact) mass is 307 g/mol. The number of hydrogen-bond acceptors (Lipinski definition) is 5. The SMILES string of the molecule is CC1CN(C(=O)c2cn(C3CCNCC3)nn2)CC(C)(C)O1. The van der Waals surface area contributed by atoms with Gasteiger partial charge in [-0.3, -0.25) is 4.79 Å². The molecule has 0 radical (unpaired) electrons. The minimum atomic E-state index is -0.321. The Labute approximate surface area is 131 Å². The third kappa shape index (κ3) is 3.30. The lowest BCUT2D eigenvalue weighted by Gasteiger charge is -2.41.